The second-order valence-corrected chi connectivity index (χ2v) is 34.3. The number of aromatic hydroxyl groups is 1. The molecule has 3 saturated heterocycles. The van der Waals surface area contributed by atoms with Gasteiger partial charge in [0, 0.05) is 89.2 Å². The predicted molar refractivity (Wildman–Crippen MR) is 465 cm³/mol. The third kappa shape index (κ3) is 26.7. The summed E-state index contributed by atoms with van der Waals surface area (Å²) in [4.78, 5) is 244. The van der Waals surface area contributed by atoms with Crippen LogP contribution in [0.2, 0.25) is 0 Å². The Labute approximate surface area is 735 Å². The molecule has 33 nitrogen and oxygen atoms in total. The molecule has 3 fully saturated rings. The Bertz CT molecular complexity index is 4880. The number of phenolic OH excluding ortho intramolecular Hbond substituents is 1. The standard InChI is InChI=1S/C91H115FN14O19S/c1-10-11-23-73-90(124)106-39-18-25-72(106)85(119)99-68(46-77(110)111)83(117)101-79(53(4)5)91(125)103(8)74(43-58-28-26-54(6)27-29-58)86(120)100-70(47-78(112)113)88(122)105-38-17-24-71(105)84(118)98-67(45-59-48-93-64-22-16-15-21-63(59)64)82(116)97-66(41-57-32-36-62(108)37-33-57)81(115)96-65(40-52(2)3)80(114)94-61(49-107)50-126-51-76(109)95-69(42-56-30-34-60(92)35-31-56)87(121)104(9)75(89(123)102(73)7)44-55-19-13-12-14-20-55/h12-16,19-22,26-37,48-49,52-53,61,65-75,79,93,108H,10-11,17-18,23-25,38-47,50-51H2,1-9H3,(H,94,114)(H,95,109)(H,96,115)(H,97,116)(H,98,118)(H,99,119)(H,100,120)(H,101,117)(H,110,111)(H,112,113)/t61-,65+,66+,67+,68+,69+,70+,71-,72-,73+,74+,75+,79+/m1/s1. The zero-order chi connectivity index (χ0) is 91.8. The number of benzene rings is 5. The molecule has 35 heteroatoms. The minimum Gasteiger partial charge on any atom is -0.508 e. The molecule has 9 rings (SSSR count). The molecule has 3 aliphatic heterocycles. The van der Waals surface area contributed by atoms with E-state index in [0.29, 0.717) is 57.8 Å². The van der Waals surface area contributed by atoms with Gasteiger partial charge in [-0.1, -0.05) is 150 Å². The number of nitrogens with zero attached hydrogens (tertiary/aromatic N) is 5. The van der Waals surface area contributed by atoms with Crippen LogP contribution in [0.5, 0.6) is 5.75 Å². The van der Waals surface area contributed by atoms with E-state index in [1.54, 1.807) is 113 Å². The fraction of sp³-hybridized carbons (Fsp3) is 0.473. The van der Waals surface area contributed by atoms with E-state index in [9.17, 15) is 53.3 Å². The second kappa shape index (κ2) is 45.9. The fourth-order valence-corrected chi connectivity index (χ4v) is 16.8. The van der Waals surface area contributed by atoms with Crippen molar-refractivity contribution in [3.8, 4) is 5.75 Å². The first-order chi connectivity index (χ1) is 60.0. The van der Waals surface area contributed by atoms with Crippen LogP contribution in [-0.4, -0.2) is 264 Å². The van der Waals surface area contributed by atoms with Gasteiger partial charge in [-0.25, -0.2) is 4.39 Å². The summed E-state index contributed by atoms with van der Waals surface area (Å²) in [5, 5.41) is 53.3. The van der Waals surface area contributed by atoms with Gasteiger partial charge in [-0.3, -0.25) is 71.9 Å². The average molecular weight is 1760 g/mol. The summed E-state index contributed by atoms with van der Waals surface area (Å²) in [5.41, 5.74) is 3.83. The molecule has 1 aromatic heterocycles. The largest absolute Gasteiger partial charge is 0.508 e. The second-order valence-electron chi connectivity index (χ2n) is 33.3. The number of likely N-dealkylation sites (N-methyl/N-ethyl adjacent to an activating group) is 3. The highest BCUT2D eigenvalue weighted by Crippen LogP contribution is 2.28. The van der Waals surface area contributed by atoms with Crippen molar-refractivity contribution >= 4 is 118 Å². The summed E-state index contributed by atoms with van der Waals surface area (Å²) >= 11 is 0.888. The predicted octanol–water partition coefficient (Wildman–Crippen LogP) is 3.96. The molecule has 13 amide bonds. The van der Waals surface area contributed by atoms with Crippen LogP contribution in [0.3, 0.4) is 0 Å². The number of aromatic nitrogens is 1. The van der Waals surface area contributed by atoms with E-state index in [0.717, 1.165) is 44.2 Å². The summed E-state index contributed by atoms with van der Waals surface area (Å²) in [6.45, 7) is 10.1. The van der Waals surface area contributed by atoms with Gasteiger partial charge in [-0.15, -0.1) is 11.8 Å². The number of amides is 13. The van der Waals surface area contributed by atoms with Gasteiger partial charge >= 0.3 is 11.9 Å². The van der Waals surface area contributed by atoms with E-state index in [2.05, 4.69) is 47.5 Å². The van der Waals surface area contributed by atoms with Gasteiger partial charge in [0.1, 0.15) is 90.4 Å². The third-order valence-electron chi connectivity index (χ3n) is 23.0. The number of unbranched alkanes of at least 4 members (excludes halogenated alkanes) is 1. The van der Waals surface area contributed by atoms with Crippen LogP contribution >= 0.6 is 11.8 Å². The number of para-hydroxylation sites is 1. The molecule has 0 radical (unpaired) electrons. The summed E-state index contributed by atoms with van der Waals surface area (Å²) in [6.07, 6.45) is 0.00445. The van der Waals surface area contributed by atoms with E-state index in [-0.39, 0.29) is 101 Å². The molecule has 0 bridgehead atoms. The van der Waals surface area contributed by atoms with Crippen LogP contribution in [0.1, 0.15) is 132 Å². The Morgan fingerprint density at radius 2 is 0.992 bits per heavy atom. The highest BCUT2D eigenvalue weighted by atomic mass is 32.2. The van der Waals surface area contributed by atoms with Crippen LogP contribution in [0, 0.1) is 24.6 Å². The number of carboxylic acid groups (broad SMARTS) is 2. The number of halogens is 1. The first-order valence-electron chi connectivity index (χ1n) is 42.5. The van der Waals surface area contributed by atoms with Crippen LogP contribution < -0.4 is 42.5 Å². The number of carbonyl (C=O) groups excluding carboxylic acids is 14. The van der Waals surface area contributed by atoms with Gasteiger partial charge in [0.25, 0.3) is 0 Å². The van der Waals surface area contributed by atoms with Gasteiger partial charge in [0.2, 0.25) is 76.8 Å². The van der Waals surface area contributed by atoms with Crippen molar-refractivity contribution in [2.75, 3.05) is 45.7 Å². The summed E-state index contributed by atoms with van der Waals surface area (Å²) in [7, 11) is 3.96. The molecule has 0 unspecified atom stereocenters. The van der Waals surface area contributed by atoms with Crippen LogP contribution in [0.15, 0.2) is 134 Å². The highest BCUT2D eigenvalue weighted by molar-refractivity contribution is 8.00. The molecule has 676 valence electrons. The maximum atomic E-state index is 15.6. The van der Waals surface area contributed by atoms with Gasteiger partial charge < -0.3 is 92.1 Å². The number of carboxylic acids is 2. The number of aryl methyl sites for hydroxylation is 1. The summed E-state index contributed by atoms with van der Waals surface area (Å²) in [5.74, 6) is -17.4. The zero-order valence-electron chi connectivity index (χ0n) is 72.3. The lowest BCUT2D eigenvalue weighted by molar-refractivity contribution is -0.152. The van der Waals surface area contributed by atoms with Crippen LogP contribution in [-0.2, 0) is 109 Å². The van der Waals surface area contributed by atoms with Crippen molar-refractivity contribution in [3.63, 3.8) is 0 Å². The van der Waals surface area contributed by atoms with E-state index >= 15 is 43.2 Å². The van der Waals surface area contributed by atoms with Gasteiger partial charge in [-0.2, -0.15) is 0 Å². The lowest BCUT2D eigenvalue weighted by Gasteiger charge is -2.38. The molecule has 4 heterocycles. The highest BCUT2D eigenvalue weighted by Gasteiger charge is 2.46. The Morgan fingerprint density at radius 1 is 0.500 bits per heavy atom. The Kier molecular flexibility index (Phi) is 35.4. The van der Waals surface area contributed by atoms with Crippen molar-refractivity contribution in [2.24, 2.45) is 11.8 Å². The Hall–Kier alpha value is -12.6. The number of H-pyrrole nitrogens is 1. The van der Waals surface area contributed by atoms with Crippen LogP contribution in [0.4, 0.5) is 4.39 Å². The lowest BCUT2D eigenvalue weighted by Crippen LogP contribution is -2.62. The number of fused-ring (bicyclic) bond motifs is 3. The number of nitrogens with one attached hydrogen (secondary N) is 9. The average Bonchev–Trinajstić information content (AvgIpc) is 1.46. The van der Waals surface area contributed by atoms with E-state index in [1.807, 2.05) is 13.8 Å². The van der Waals surface area contributed by atoms with E-state index in [1.165, 1.54) is 67.3 Å². The molecular formula is C91H115FN14O19S. The fourth-order valence-electron chi connectivity index (χ4n) is 16.0. The molecule has 0 saturated carbocycles. The number of aliphatic carboxylic acids is 2. The number of thioether (sulfide) groups is 1. The van der Waals surface area contributed by atoms with Crippen molar-refractivity contribution in [3.05, 3.63) is 173 Å². The first kappa shape index (κ1) is 97.2. The summed E-state index contributed by atoms with van der Waals surface area (Å²) in [6, 6.07) is 13.5. The minimum absolute atomic E-state index is 0.00698. The van der Waals surface area contributed by atoms with Crippen LogP contribution in [0.25, 0.3) is 10.9 Å². The minimum atomic E-state index is -1.93. The number of aldehydes is 1. The van der Waals surface area contributed by atoms with Crippen molar-refractivity contribution in [1.82, 2.24) is 72.0 Å². The topological polar surface area (TPSA) is 462 Å². The van der Waals surface area contributed by atoms with Crippen molar-refractivity contribution in [1.29, 1.82) is 0 Å². The quantitative estimate of drug-likeness (QED) is 0.0454. The molecule has 5 aromatic carbocycles. The maximum Gasteiger partial charge on any atom is 0.305 e. The number of rotatable bonds is 21. The Morgan fingerprint density at radius 3 is 1.60 bits per heavy atom. The maximum absolute atomic E-state index is 15.6. The number of hydrogen-bond donors (Lipinski definition) is 12. The zero-order valence-corrected chi connectivity index (χ0v) is 73.1. The van der Waals surface area contributed by atoms with Gasteiger partial charge in [-0.05, 0) is 115 Å². The number of carbonyl (C=O) groups is 16. The van der Waals surface area contributed by atoms with E-state index < -0.39 is 198 Å². The number of hydrogen-bond acceptors (Lipinski definition) is 18. The normalized spacial score (nSPS) is 24.3. The molecular weight excluding hydrogens is 1640 g/mol. The van der Waals surface area contributed by atoms with E-state index in [4.69, 9.17) is 0 Å². The molecule has 13 atom stereocenters. The third-order valence-corrected chi connectivity index (χ3v) is 24.0. The molecule has 12 N–H and O–H groups in total. The van der Waals surface area contributed by atoms with Gasteiger partial charge in [0.15, 0.2) is 0 Å². The molecule has 0 spiro atoms. The van der Waals surface area contributed by atoms with Crippen molar-refractivity contribution < 1.29 is 96.4 Å². The monoisotopic (exact) mass is 1760 g/mol. The smallest absolute Gasteiger partial charge is 0.305 e. The molecule has 0 aliphatic carbocycles. The van der Waals surface area contributed by atoms with Crippen molar-refractivity contribution in [2.45, 2.75) is 216 Å². The number of aromatic amines is 1. The molecule has 126 heavy (non-hydrogen) atoms. The SMILES string of the molecule is CCCC[C@H]1C(=O)N2CCC[C@@H]2C(=O)N[C@@H](CC(=O)O)C(=O)N[C@@H](C(C)C)C(=O)N(C)[C@@H](Cc2ccc(C)cc2)C(=O)N[C@@H](CC(=O)O)C(=O)N2CCC[C@@H]2C(=O)N[C@@H](Cc2c[nH]c3ccccc23)C(=O)N[C@@H](Cc2ccc(O)cc2)C(=O)N[C@@H](CC(C)C)C(=O)N[C@H](C=O)CSCC(=O)N[C@@H](Cc2ccc(F)cc2)C(=O)N(C)[C@@H](Cc2ccccc2)C(=O)N1C. The lowest BCUT2D eigenvalue weighted by atomic mass is 9.98. The first-order valence-corrected chi connectivity index (χ1v) is 43.6. The molecule has 6 aromatic rings. The number of phenols is 1. The van der Waals surface area contributed by atoms with Gasteiger partial charge in [0.05, 0.1) is 24.6 Å². The molecule has 3 aliphatic rings. The summed E-state index contributed by atoms with van der Waals surface area (Å²) < 4.78 is 14.5. The Balaban J connectivity index is 1.10.